The summed E-state index contributed by atoms with van der Waals surface area (Å²) in [5, 5.41) is 39.0. The number of ether oxygens (including phenoxy) is 6. The molecule has 0 aromatic heterocycles. The fraction of sp³-hybridized carbons (Fsp3) is 0.493. The quantitative estimate of drug-likeness (QED) is 0.0102. The zero-order valence-electron chi connectivity index (χ0n) is 55.4. The Balaban J connectivity index is 1.08. The number of nitrogens with one attached hydrogen (secondary N) is 2. The lowest BCUT2D eigenvalue weighted by Crippen LogP contribution is -2.47. The molecule has 6 aliphatic rings. The van der Waals surface area contributed by atoms with Gasteiger partial charge in [0, 0.05) is 130 Å². The number of anilines is 3. The number of nitrogens with zero attached hydrogens (tertiary/aromatic N) is 3. The van der Waals surface area contributed by atoms with E-state index >= 15 is 9.59 Å². The summed E-state index contributed by atoms with van der Waals surface area (Å²) in [5.41, 5.74) is -0.621. The Morgan fingerprint density at radius 1 is 0.906 bits per heavy atom. The topological polar surface area (TPSA) is 387 Å². The Kier molecular flexibility index (Phi) is 23.9. The van der Waals surface area contributed by atoms with E-state index in [0.717, 1.165) is 25.9 Å². The van der Waals surface area contributed by atoms with Crippen molar-refractivity contribution in [3.05, 3.63) is 99.5 Å². The van der Waals surface area contributed by atoms with Gasteiger partial charge in [0.1, 0.15) is 51.8 Å². The van der Waals surface area contributed by atoms with Gasteiger partial charge in [0.25, 0.3) is 11.7 Å². The molecule has 2 amide bonds. The second-order valence-corrected chi connectivity index (χ2v) is 29.1. The normalized spacial score (nSPS) is 25.0. The maximum Gasteiger partial charge on any atom is 0.338 e. The predicted molar refractivity (Wildman–Crippen MR) is 355 cm³/mol. The number of allylic oxidation sites excluding steroid dienone is 2. The molecular weight excluding hydrogens is 1290 g/mol. The molecule has 3 aromatic carbocycles. The maximum atomic E-state index is 15.2. The minimum absolute atomic E-state index is 0.0160. The van der Waals surface area contributed by atoms with Crippen molar-refractivity contribution in [2.75, 3.05) is 62.0 Å². The molecule has 8 N–H and O–H groups in total. The number of aromatic nitrogens is 1. The van der Waals surface area contributed by atoms with Crippen LogP contribution in [-0.2, 0) is 63.2 Å². The highest BCUT2D eigenvalue weighted by Crippen LogP contribution is 2.54. The molecule has 5 heterocycles. The molecule has 0 saturated carbocycles. The Bertz CT molecular complexity index is 3970. The van der Waals surface area contributed by atoms with Gasteiger partial charge >= 0.3 is 31.3 Å². The van der Waals surface area contributed by atoms with Crippen LogP contribution in [0.2, 0.25) is 0 Å². The molecule has 520 valence electrons. The smallest absolute Gasteiger partial charge is 0.338 e. The summed E-state index contributed by atoms with van der Waals surface area (Å²) in [4.78, 5) is 134. The van der Waals surface area contributed by atoms with Crippen LogP contribution in [-0.4, -0.2) is 157 Å². The van der Waals surface area contributed by atoms with E-state index in [9.17, 15) is 63.1 Å². The number of carbonyl (C=O) groups is 6. The molecule has 3 aromatic rings. The van der Waals surface area contributed by atoms with Gasteiger partial charge in [0.05, 0.1) is 42.4 Å². The Morgan fingerprint density at radius 3 is 2.22 bits per heavy atom. The van der Waals surface area contributed by atoms with Crippen LogP contribution < -0.4 is 25.7 Å². The summed E-state index contributed by atoms with van der Waals surface area (Å²) in [7, 11) is -7.04. The minimum atomic E-state index is -4.86. The number of fused-ring (bicyclic) bond motifs is 14. The number of piperazine rings is 1. The van der Waals surface area contributed by atoms with Crippen molar-refractivity contribution >= 4 is 90.1 Å². The number of hydrogen-bond acceptors (Lipinski definition) is 22. The molecular formula is C67H85N5O22P2. The van der Waals surface area contributed by atoms with Gasteiger partial charge in [-0.15, -0.1) is 0 Å². The number of ketones is 1. The number of Topliss-reactive ketones (excluding diaryl/α,β-unsaturated/α-hetero) is 1. The molecule has 0 radical (unpaired) electrons. The molecule has 2 unspecified atom stereocenters. The van der Waals surface area contributed by atoms with Crippen molar-refractivity contribution in [1.29, 1.82) is 0 Å². The monoisotopic (exact) mass is 1370 g/mol. The second kappa shape index (κ2) is 31.0. The Labute approximate surface area is 555 Å². The lowest BCUT2D eigenvalue weighted by molar-refractivity contribution is -0.166. The van der Waals surface area contributed by atoms with E-state index in [4.69, 9.17) is 37.8 Å². The van der Waals surface area contributed by atoms with Gasteiger partial charge in [0.2, 0.25) is 19.4 Å². The van der Waals surface area contributed by atoms with Crippen LogP contribution >= 0.6 is 15.6 Å². The lowest BCUT2D eigenvalue weighted by Gasteiger charge is -2.39. The van der Waals surface area contributed by atoms with Crippen molar-refractivity contribution in [2.45, 2.75) is 137 Å². The molecule has 29 heteroatoms. The molecule has 11 atom stereocenters. The molecule has 5 bridgehead atoms. The number of carbonyl (C=O) groups excluding carboxylic acids is 6. The number of aliphatic hydroxyl groups excluding tert-OH is 1. The zero-order valence-corrected chi connectivity index (χ0v) is 57.3. The zero-order chi connectivity index (χ0) is 70.4. The van der Waals surface area contributed by atoms with Crippen LogP contribution in [0.3, 0.4) is 0 Å². The highest BCUT2D eigenvalue weighted by atomic mass is 31.2. The first-order valence-corrected chi connectivity index (χ1v) is 34.8. The molecule has 9 rings (SSSR count). The molecule has 1 aliphatic carbocycles. The second-order valence-electron chi connectivity index (χ2n) is 25.4. The van der Waals surface area contributed by atoms with Crippen LogP contribution in [0.4, 0.5) is 17.1 Å². The molecule has 96 heavy (non-hydrogen) atoms. The molecule has 0 spiro atoms. The summed E-state index contributed by atoms with van der Waals surface area (Å²) < 4.78 is 65.5. The number of rotatable bonds is 18. The van der Waals surface area contributed by atoms with Crippen molar-refractivity contribution in [2.24, 2.45) is 29.6 Å². The largest absolute Gasteiger partial charge is 0.507 e. The fourth-order valence-corrected chi connectivity index (χ4v) is 14.4. The Morgan fingerprint density at radius 2 is 1.58 bits per heavy atom. The van der Waals surface area contributed by atoms with Crippen molar-refractivity contribution in [1.82, 2.24) is 9.88 Å². The highest BCUT2D eigenvalue weighted by Gasteiger charge is 2.50. The van der Waals surface area contributed by atoms with E-state index in [0.29, 0.717) is 30.3 Å². The van der Waals surface area contributed by atoms with Crippen molar-refractivity contribution in [3.8, 4) is 28.7 Å². The maximum absolute atomic E-state index is 15.2. The fourth-order valence-electron chi connectivity index (χ4n) is 12.4. The first kappa shape index (κ1) is 73.8. The molecule has 1 saturated heterocycles. The average Bonchev–Trinajstić information content (AvgIpc) is 1.39. The summed E-state index contributed by atoms with van der Waals surface area (Å²) in [6.45, 7) is 19.9. The van der Waals surface area contributed by atoms with E-state index in [-0.39, 0.29) is 101 Å². The third kappa shape index (κ3) is 16.9. The minimum Gasteiger partial charge on any atom is -0.507 e. The van der Waals surface area contributed by atoms with Gasteiger partial charge in [-0.2, -0.15) is 0 Å². The van der Waals surface area contributed by atoms with Gasteiger partial charge in [-0.05, 0) is 56.4 Å². The van der Waals surface area contributed by atoms with E-state index < -0.39 is 133 Å². The summed E-state index contributed by atoms with van der Waals surface area (Å²) >= 11 is 0. The van der Waals surface area contributed by atoms with E-state index in [2.05, 4.69) is 34.3 Å². The van der Waals surface area contributed by atoms with Crippen LogP contribution in [0.1, 0.15) is 109 Å². The van der Waals surface area contributed by atoms with Gasteiger partial charge in [-0.3, -0.25) is 47.6 Å². The summed E-state index contributed by atoms with van der Waals surface area (Å²) in [6, 6.07) is 8.93. The number of phenolic OH excluding ortho intramolecular Hbond substituents is 2. The lowest BCUT2D eigenvalue weighted by atomic mass is 9.78. The van der Waals surface area contributed by atoms with Gasteiger partial charge < -0.3 is 78.4 Å². The number of esters is 3. The number of phenols is 2. The number of methoxy groups -OCH3 is 1. The van der Waals surface area contributed by atoms with Crippen LogP contribution in [0.25, 0.3) is 33.3 Å². The SMILES string of the molecule is CO[C@H]1/C=C/O[C@@]2(C)Oc3c(C)c(O)c4c(=O)c(c5oc6cc(N7CCN(CC(C)C)CC7)cc(O)c6nc-5c4c3C2=O)NC(=O)/C(C)=C\C=C\[C@H](C)[C@H](OC(=O)CCCOC(=O)CCC(=O)Nc2ccc(CC([PH](=O)O)P(=O)(O)O)cc2)[C@@H](C)[C@@H](O)[C@@H](C)[C@H](OC(C)=O)[C@@H]1C. The molecule has 27 nitrogen and oxygen atoms in total. The summed E-state index contributed by atoms with van der Waals surface area (Å²) in [5.74, 6) is -10.7. The number of aromatic hydroxyl groups is 2. The predicted octanol–water partition coefficient (Wildman–Crippen LogP) is 8.24. The molecule has 1 fully saturated rings. The number of amides is 2. The standard InChI is InChI=1S/C67H85N5O22P2/c1-34(2)33-71-24-26-72(27-25-71)44-31-45(74)55-47(32-44)92-64-56(69-55)52-53-59(79)40(8)63-54(52)65(81)67(10,94-63)90-29-23-46(88-11)37(5)62(91-41(9)73)39(7)58(78)38(6)61(35(3)14-12-15-36(4)66(82)70-57(64)60(53)80)93-50(77)16-13-28-89-49(76)22-21-48(75)68-43-19-17-42(18-20-43)30-51(95(83)84)96(85,86)87/h12,14-15,17-20,23,29,31-32,34-35,37-39,46,51,58,61-62,74,78-79,95H,13,16,21-22,24-28,30,33H2,1-11H3,(H,68,75)(H,70,82)(H,83,84)(H2,85,86,87)/b14-12+,29-23+,36-15-/t35-,37+,38-,39+,46-,51?,58+,61-,62+,67-/m0/s1. The average molecular weight is 1370 g/mol. The van der Waals surface area contributed by atoms with Gasteiger partial charge in [-0.25, -0.2) is 4.98 Å². The summed E-state index contributed by atoms with van der Waals surface area (Å²) in [6.07, 6.45) is 1.37. The third-order valence-corrected chi connectivity index (χ3v) is 21.1. The Hall–Kier alpha value is -8.00. The third-order valence-electron chi connectivity index (χ3n) is 17.7. The van der Waals surface area contributed by atoms with E-state index in [1.54, 1.807) is 45.9 Å². The van der Waals surface area contributed by atoms with Gasteiger partial charge in [-0.1, -0.05) is 71.9 Å². The number of aliphatic hydroxyl groups is 1. The highest BCUT2D eigenvalue weighted by molar-refractivity contribution is 7.65. The first-order chi connectivity index (χ1) is 45.2. The molecule has 5 aliphatic heterocycles. The van der Waals surface area contributed by atoms with Crippen LogP contribution in [0.15, 0.2) is 81.7 Å². The number of benzene rings is 4. The van der Waals surface area contributed by atoms with E-state index in [1.165, 1.54) is 77.3 Å². The van der Waals surface area contributed by atoms with Crippen molar-refractivity contribution < 1.29 is 101 Å². The van der Waals surface area contributed by atoms with Crippen molar-refractivity contribution in [3.63, 3.8) is 0 Å². The number of hydrogen-bond donors (Lipinski definition) is 8. The van der Waals surface area contributed by atoms with Crippen LogP contribution in [0.5, 0.6) is 17.2 Å². The van der Waals surface area contributed by atoms with Gasteiger partial charge in [0.15, 0.2) is 11.3 Å². The van der Waals surface area contributed by atoms with Crippen LogP contribution in [0, 0.1) is 36.5 Å². The van der Waals surface area contributed by atoms with E-state index in [1.807, 2.05) is 0 Å². The first-order valence-electron chi connectivity index (χ1n) is 31.7.